The molecule has 166 valence electrons. The highest BCUT2D eigenvalue weighted by Gasteiger charge is 2.38. The lowest BCUT2D eigenvalue weighted by molar-refractivity contribution is -0.130. The van der Waals surface area contributed by atoms with Crippen molar-refractivity contribution in [2.24, 2.45) is 0 Å². The number of ether oxygens (including phenoxy) is 1. The van der Waals surface area contributed by atoms with E-state index in [2.05, 4.69) is 22.9 Å². The standard InChI is InChI=1S/C24H25N3O5/c28-20-11-12-22(30)27(26-20)19-9-7-17(8-10-19)23(31)32-15-21(29)25-16-24(13-4-14-24)18-5-2-1-3-6-18/h1-3,5-10H,4,11-16H2,(H,25,29)(H,26,28). The number of anilines is 1. The number of benzene rings is 2. The van der Waals surface area contributed by atoms with Crippen molar-refractivity contribution in [3.8, 4) is 0 Å². The Hall–Kier alpha value is -3.68. The lowest BCUT2D eigenvalue weighted by Crippen LogP contribution is -2.50. The monoisotopic (exact) mass is 435 g/mol. The van der Waals surface area contributed by atoms with Crippen molar-refractivity contribution < 1.29 is 23.9 Å². The molecule has 0 aromatic heterocycles. The molecule has 0 unspecified atom stereocenters. The molecular formula is C24H25N3O5. The Bertz CT molecular complexity index is 1020. The molecule has 0 bridgehead atoms. The summed E-state index contributed by atoms with van der Waals surface area (Å²) in [4.78, 5) is 48.0. The SMILES string of the molecule is O=C(COC(=O)c1ccc(N2NC(=O)CCC2=O)cc1)NCC1(c2ccccc2)CCC1. The fourth-order valence-corrected chi connectivity index (χ4v) is 4.03. The van der Waals surface area contributed by atoms with Crippen molar-refractivity contribution in [1.29, 1.82) is 0 Å². The number of carbonyl (C=O) groups is 4. The summed E-state index contributed by atoms with van der Waals surface area (Å²) >= 11 is 0. The third-order valence-corrected chi connectivity index (χ3v) is 6.07. The summed E-state index contributed by atoms with van der Waals surface area (Å²) in [5, 5.41) is 4.06. The molecule has 2 aromatic carbocycles. The maximum Gasteiger partial charge on any atom is 0.338 e. The topological polar surface area (TPSA) is 105 Å². The number of esters is 1. The molecule has 1 saturated heterocycles. The number of hydrogen-bond donors (Lipinski definition) is 2. The fourth-order valence-electron chi connectivity index (χ4n) is 4.03. The maximum absolute atomic E-state index is 12.3. The Morgan fingerprint density at radius 2 is 1.72 bits per heavy atom. The average Bonchev–Trinajstić information content (AvgIpc) is 2.79. The molecule has 8 heteroatoms. The van der Waals surface area contributed by atoms with Crippen molar-refractivity contribution in [2.75, 3.05) is 18.2 Å². The predicted molar refractivity (Wildman–Crippen MR) is 117 cm³/mol. The van der Waals surface area contributed by atoms with E-state index in [0.29, 0.717) is 12.2 Å². The van der Waals surface area contributed by atoms with E-state index in [-0.39, 0.29) is 48.1 Å². The molecule has 4 rings (SSSR count). The van der Waals surface area contributed by atoms with E-state index in [1.54, 1.807) is 12.1 Å². The summed E-state index contributed by atoms with van der Waals surface area (Å²) in [7, 11) is 0. The lowest BCUT2D eigenvalue weighted by Gasteiger charge is -2.42. The Kier molecular flexibility index (Phi) is 6.20. The number of carbonyl (C=O) groups excluding carboxylic acids is 4. The summed E-state index contributed by atoms with van der Waals surface area (Å²) in [6.45, 7) is 0.143. The fraction of sp³-hybridized carbons (Fsp3) is 0.333. The van der Waals surface area contributed by atoms with Gasteiger partial charge in [-0.05, 0) is 42.7 Å². The van der Waals surface area contributed by atoms with E-state index in [1.165, 1.54) is 17.7 Å². The van der Waals surface area contributed by atoms with Crippen LogP contribution in [0.15, 0.2) is 54.6 Å². The van der Waals surface area contributed by atoms with Crippen LogP contribution in [-0.4, -0.2) is 36.8 Å². The van der Waals surface area contributed by atoms with Gasteiger partial charge in [0, 0.05) is 24.8 Å². The minimum atomic E-state index is -0.637. The van der Waals surface area contributed by atoms with Crippen LogP contribution in [0.1, 0.15) is 48.0 Å². The second-order valence-electron chi connectivity index (χ2n) is 8.16. The minimum absolute atomic E-state index is 0.0436. The highest BCUT2D eigenvalue weighted by molar-refractivity contribution is 6.01. The van der Waals surface area contributed by atoms with Crippen molar-refractivity contribution in [3.05, 3.63) is 65.7 Å². The molecule has 0 atom stereocenters. The van der Waals surface area contributed by atoms with Crippen LogP contribution in [0.25, 0.3) is 0 Å². The van der Waals surface area contributed by atoms with E-state index in [9.17, 15) is 19.2 Å². The Labute approximate surface area is 185 Å². The van der Waals surface area contributed by atoms with Crippen molar-refractivity contribution >= 4 is 29.4 Å². The first-order valence-corrected chi connectivity index (χ1v) is 10.7. The first-order chi connectivity index (χ1) is 15.5. The number of nitrogens with zero attached hydrogens (tertiary/aromatic N) is 1. The molecule has 2 aromatic rings. The normalized spacial score (nSPS) is 17.2. The third kappa shape index (κ3) is 4.64. The molecule has 0 spiro atoms. The van der Waals surface area contributed by atoms with E-state index in [4.69, 9.17) is 4.74 Å². The molecule has 1 aliphatic carbocycles. The number of amides is 3. The van der Waals surface area contributed by atoms with Crippen LogP contribution in [0.4, 0.5) is 5.69 Å². The van der Waals surface area contributed by atoms with Crippen LogP contribution >= 0.6 is 0 Å². The van der Waals surface area contributed by atoms with Gasteiger partial charge in [-0.25, -0.2) is 9.80 Å². The largest absolute Gasteiger partial charge is 0.452 e. The van der Waals surface area contributed by atoms with Crippen LogP contribution in [0.3, 0.4) is 0 Å². The Balaban J connectivity index is 1.27. The van der Waals surface area contributed by atoms with Gasteiger partial charge < -0.3 is 10.1 Å². The van der Waals surface area contributed by atoms with Crippen LogP contribution in [0.2, 0.25) is 0 Å². The molecular weight excluding hydrogens is 410 g/mol. The molecule has 1 heterocycles. The smallest absolute Gasteiger partial charge is 0.338 e. The molecule has 2 aliphatic rings. The van der Waals surface area contributed by atoms with Crippen LogP contribution < -0.4 is 15.8 Å². The van der Waals surface area contributed by atoms with E-state index >= 15 is 0 Å². The second-order valence-corrected chi connectivity index (χ2v) is 8.16. The Morgan fingerprint density at radius 1 is 1.00 bits per heavy atom. The number of hydrazine groups is 1. The number of nitrogens with one attached hydrogen (secondary N) is 2. The van der Waals surface area contributed by atoms with E-state index in [0.717, 1.165) is 24.3 Å². The zero-order valence-corrected chi connectivity index (χ0v) is 17.6. The summed E-state index contributed by atoms with van der Waals surface area (Å²) in [5.74, 6) is -1.45. The summed E-state index contributed by atoms with van der Waals surface area (Å²) in [6, 6.07) is 16.2. The zero-order chi connectivity index (χ0) is 22.6. The van der Waals surface area contributed by atoms with Gasteiger partial charge in [-0.15, -0.1) is 0 Å². The van der Waals surface area contributed by atoms with Crippen LogP contribution in [0.5, 0.6) is 0 Å². The highest BCUT2D eigenvalue weighted by atomic mass is 16.5. The van der Waals surface area contributed by atoms with Gasteiger partial charge in [0.05, 0.1) is 11.3 Å². The summed E-state index contributed by atoms with van der Waals surface area (Å²) in [6.07, 6.45) is 3.46. The zero-order valence-electron chi connectivity index (χ0n) is 17.6. The second kappa shape index (κ2) is 9.21. The average molecular weight is 435 g/mol. The lowest BCUT2D eigenvalue weighted by atomic mass is 9.64. The van der Waals surface area contributed by atoms with Gasteiger partial charge >= 0.3 is 5.97 Å². The quantitative estimate of drug-likeness (QED) is 0.649. The summed E-state index contributed by atoms with van der Waals surface area (Å²) < 4.78 is 5.13. The molecule has 3 amide bonds. The third-order valence-electron chi connectivity index (χ3n) is 6.07. The van der Waals surface area contributed by atoms with Crippen LogP contribution in [0, 0.1) is 0 Å². The first-order valence-electron chi connectivity index (χ1n) is 10.7. The van der Waals surface area contributed by atoms with Gasteiger partial charge in [-0.3, -0.25) is 19.8 Å². The molecule has 2 N–H and O–H groups in total. The minimum Gasteiger partial charge on any atom is -0.452 e. The highest BCUT2D eigenvalue weighted by Crippen LogP contribution is 2.43. The Morgan fingerprint density at radius 3 is 2.38 bits per heavy atom. The maximum atomic E-state index is 12.3. The molecule has 2 fully saturated rings. The van der Waals surface area contributed by atoms with Crippen molar-refractivity contribution in [3.63, 3.8) is 0 Å². The van der Waals surface area contributed by atoms with E-state index < -0.39 is 5.97 Å². The number of rotatable bonds is 7. The predicted octanol–water partition coefficient (Wildman–Crippen LogP) is 2.24. The first kappa shape index (κ1) is 21.5. The molecule has 32 heavy (non-hydrogen) atoms. The molecule has 1 saturated carbocycles. The molecule has 1 aliphatic heterocycles. The van der Waals surface area contributed by atoms with Gasteiger partial charge in [0.15, 0.2) is 6.61 Å². The van der Waals surface area contributed by atoms with Gasteiger partial charge in [0.2, 0.25) is 11.8 Å². The molecule has 0 radical (unpaired) electrons. The van der Waals surface area contributed by atoms with Gasteiger partial charge in [-0.2, -0.15) is 0 Å². The van der Waals surface area contributed by atoms with Gasteiger partial charge in [0.1, 0.15) is 0 Å². The van der Waals surface area contributed by atoms with Crippen molar-refractivity contribution in [1.82, 2.24) is 10.7 Å². The van der Waals surface area contributed by atoms with Crippen molar-refractivity contribution in [2.45, 2.75) is 37.5 Å². The molecule has 8 nitrogen and oxygen atoms in total. The van der Waals surface area contributed by atoms with Gasteiger partial charge in [-0.1, -0.05) is 36.8 Å². The van der Waals surface area contributed by atoms with Crippen LogP contribution in [-0.2, 0) is 24.5 Å². The van der Waals surface area contributed by atoms with E-state index in [1.807, 2.05) is 18.2 Å². The number of hydrogen-bond acceptors (Lipinski definition) is 5. The van der Waals surface area contributed by atoms with Gasteiger partial charge in [0.25, 0.3) is 5.91 Å². The summed E-state index contributed by atoms with van der Waals surface area (Å²) in [5.41, 5.74) is 4.36.